The molecule has 0 aliphatic heterocycles. The summed E-state index contributed by atoms with van der Waals surface area (Å²) >= 11 is 1.74. The van der Waals surface area contributed by atoms with Crippen LogP contribution >= 0.6 is 11.8 Å². The molecule has 66 valence electrons. The van der Waals surface area contributed by atoms with Gasteiger partial charge in [0.05, 0.1) is 6.10 Å². The van der Waals surface area contributed by atoms with Crippen molar-refractivity contribution in [3.05, 3.63) is 30.1 Å². The van der Waals surface area contributed by atoms with Gasteiger partial charge in [0.15, 0.2) is 0 Å². The smallest absolute Gasteiger partial charge is 0.0602 e. The molecular formula is C9H13NOS. The second-order valence-corrected chi connectivity index (χ2v) is 3.75. The molecule has 0 amide bonds. The van der Waals surface area contributed by atoms with Crippen LogP contribution in [-0.4, -0.2) is 21.9 Å². The van der Waals surface area contributed by atoms with Gasteiger partial charge in [-0.25, -0.2) is 0 Å². The number of rotatable bonds is 4. The molecule has 1 aromatic heterocycles. The lowest BCUT2D eigenvalue weighted by atomic mass is 10.3. The SMILES string of the molecule is CC(O)CSCc1ccncc1. The molecule has 3 heteroatoms. The minimum Gasteiger partial charge on any atom is -0.393 e. The van der Waals surface area contributed by atoms with Crippen molar-refractivity contribution in [2.45, 2.75) is 18.8 Å². The molecule has 0 radical (unpaired) electrons. The van der Waals surface area contributed by atoms with Gasteiger partial charge >= 0.3 is 0 Å². The van der Waals surface area contributed by atoms with E-state index in [2.05, 4.69) is 4.98 Å². The highest BCUT2D eigenvalue weighted by atomic mass is 32.2. The van der Waals surface area contributed by atoms with Crippen LogP contribution in [0.15, 0.2) is 24.5 Å². The summed E-state index contributed by atoms with van der Waals surface area (Å²) in [7, 11) is 0. The second-order valence-electron chi connectivity index (χ2n) is 2.72. The van der Waals surface area contributed by atoms with E-state index in [1.54, 1.807) is 31.1 Å². The number of hydrogen-bond acceptors (Lipinski definition) is 3. The van der Waals surface area contributed by atoms with E-state index < -0.39 is 0 Å². The van der Waals surface area contributed by atoms with Gasteiger partial charge in [-0.15, -0.1) is 0 Å². The molecule has 0 aliphatic rings. The lowest BCUT2D eigenvalue weighted by Crippen LogP contribution is -2.02. The second kappa shape index (κ2) is 5.17. The van der Waals surface area contributed by atoms with Crippen LogP contribution in [0, 0.1) is 0 Å². The highest BCUT2D eigenvalue weighted by molar-refractivity contribution is 7.98. The summed E-state index contributed by atoms with van der Waals surface area (Å²) in [6.07, 6.45) is 3.37. The molecule has 12 heavy (non-hydrogen) atoms. The lowest BCUT2D eigenvalue weighted by Gasteiger charge is -2.03. The first-order valence-corrected chi connectivity index (χ1v) is 5.09. The summed E-state index contributed by atoms with van der Waals surface area (Å²) in [6, 6.07) is 3.99. The molecule has 1 N–H and O–H groups in total. The molecular weight excluding hydrogens is 170 g/mol. The fraction of sp³-hybridized carbons (Fsp3) is 0.444. The van der Waals surface area contributed by atoms with Crippen molar-refractivity contribution in [2.75, 3.05) is 5.75 Å². The summed E-state index contributed by atoms with van der Waals surface area (Å²) in [4.78, 5) is 3.93. The lowest BCUT2D eigenvalue weighted by molar-refractivity contribution is 0.220. The Hall–Kier alpha value is -0.540. The third-order valence-electron chi connectivity index (χ3n) is 1.38. The van der Waals surface area contributed by atoms with Crippen molar-refractivity contribution in [1.82, 2.24) is 4.98 Å². The Labute approximate surface area is 77.0 Å². The standard InChI is InChI=1S/C9H13NOS/c1-8(11)6-12-7-9-2-4-10-5-3-9/h2-5,8,11H,6-7H2,1H3. The van der Waals surface area contributed by atoms with Crippen molar-refractivity contribution in [3.8, 4) is 0 Å². The molecule has 2 nitrogen and oxygen atoms in total. The number of nitrogens with zero attached hydrogens (tertiary/aromatic N) is 1. The maximum absolute atomic E-state index is 9.00. The van der Waals surface area contributed by atoms with Gasteiger partial charge in [0.1, 0.15) is 0 Å². The molecule has 1 heterocycles. The minimum absolute atomic E-state index is 0.211. The van der Waals surface area contributed by atoms with E-state index in [4.69, 9.17) is 5.11 Å². The molecule has 1 unspecified atom stereocenters. The van der Waals surface area contributed by atoms with Crippen molar-refractivity contribution in [3.63, 3.8) is 0 Å². The highest BCUT2D eigenvalue weighted by Crippen LogP contribution is 2.11. The first kappa shape index (κ1) is 9.55. The maximum Gasteiger partial charge on any atom is 0.0602 e. The van der Waals surface area contributed by atoms with Crippen molar-refractivity contribution >= 4 is 11.8 Å². The van der Waals surface area contributed by atoms with Crippen LogP contribution in [0.4, 0.5) is 0 Å². The Morgan fingerprint density at radius 1 is 1.50 bits per heavy atom. The van der Waals surface area contributed by atoms with Gasteiger partial charge in [-0.1, -0.05) is 0 Å². The van der Waals surface area contributed by atoms with Crippen LogP contribution in [0.3, 0.4) is 0 Å². The fourth-order valence-corrected chi connectivity index (χ4v) is 1.71. The first-order valence-electron chi connectivity index (χ1n) is 3.94. The Kier molecular flexibility index (Phi) is 4.11. The van der Waals surface area contributed by atoms with E-state index in [0.29, 0.717) is 0 Å². The van der Waals surface area contributed by atoms with E-state index in [9.17, 15) is 0 Å². The predicted octanol–water partition coefficient (Wildman–Crippen LogP) is 1.70. The number of hydrogen-bond donors (Lipinski definition) is 1. The third kappa shape index (κ3) is 3.74. The summed E-state index contributed by atoms with van der Waals surface area (Å²) in [5, 5.41) is 9.00. The van der Waals surface area contributed by atoms with E-state index >= 15 is 0 Å². The Bertz CT molecular complexity index is 213. The Morgan fingerprint density at radius 3 is 2.75 bits per heavy atom. The fourth-order valence-electron chi connectivity index (χ4n) is 0.826. The Balaban J connectivity index is 2.25. The molecule has 0 spiro atoms. The zero-order valence-electron chi connectivity index (χ0n) is 7.10. The van der Waals surface area contributed by atoms with Crippen molar-refractivity contribution in [2.24, 2.45) is 0 Å². The van der Waals surface area contributed by atoms with Gasteiger partial charge in [-0.2, -0.15) is 11.8 Å². The molecule has 0 aliphatic carbocycles. The molecule has 0 fully saturated rings. The van der Waals surface area contributed by atoms with Crippen molar-refractivity contribution < 1.29 is 5.11 Å². The van der Waals surface area contributed by atoms with Gasteiger partial charge in [0, 0.05) is 23.9 Å². The molecule has 1 aromatic rings. The topological polar surface area (TPSA) is 33.1 Å². The van der Waals surface area contributed by atoms with Crippen LogP contribution in [0.5, 0.6) is 0 Å². The van der Waals surface area contributed by atoms with Crippen molar-refractivity contribution in [1.29, 1.82) is 0 Å². The molecule has 0 bridgehead atoms. The van der Waals surface area contributed by atoms with E-state index in [-0.39, 0.29) is 6.10 Å². The molecule has 1 atom stereocenters. The number of aliphatic hydroxyl groups excluding tert-OH is 1. The molecule has 1 rings (SSSR count). The van der Waals surface area contributed by atoms with Crippen LogP contribution in [0.2, 0.25) is 0 Å². The van der Waals surface area contributed by atoms with Gasteiger partial charge in [0.2, 0.25) is 0 Å². The zero-order valence-corrected chi connectivity index (χ0v) is 7.92. The highest BCUT2D eigenvalue weighted by Gasteiger charge is 1.96. The minimum atomic E-state index is -0.211. The van der Waals surface area contributed by atoms with E-state index in [0.717, 1.165) is 11.5 Å². The average molecular weight is 183 g/mol. The van der Waals surface area contributed by atoms with E-state index in [1.165, 1.54) is 5.56 Å². The zero-order chi connectivity index (χ0) is 8.81. The number of pyridine rings is 1. The number of thioether (sulfide) groups is 1. The maximum atomic E-state index is 9.00. The molecule has 0 saturated carbocycles. The molecule has 0 saturated heterocycles. The normalized spacial score (nSPS) is 12.8. The van der Waals surface area contributed by atoms with E-state index in [1.807, 2.05) is 12.1 Å². The number of aromatic nitrogens is 1. The predicted molar refractivity (Wildman–Crippen MR) is 52.1 cm³/mol. The van der Waals surface area contributed by atoms with Gasteiger partial charge < -0.3 is 5.11 Å². The number of aliphatic hydroxyl groups is 1. The van der Waals surface area contributed by atoms with Gasteiger partial charge in [0.25, 0.3) is 0 Å². The van der Waals surface area contributed by atoms with Crippen LogP contribution < -0.4 is 0 Å². The van der Waals surface area contributed by atoms with Crippen LogP contribution in [0.1, 0.15) is 12.5 Å². The largest absolute Gasteiger partial charge is 0.393 e. The van der Waals surface area contributed by atoms with Crippen LogP contribution in [0.25, 0.3) is 0 Å². The third-order valence-corrected chi connectivity index (χ3v) is 2.63. The summed E-state index contributed by atoms with van der Waals surface area (Å²) in [5.41, 5.74) is 1.26. The Morgan fingerprint density at radius 2 is 2.17 bits per heavy atom. The summed E-state index contributed by atoms with van der Waals surface area (Å²) in [6.45, 7) is 1.81. The summed E-state index contributed by atoms with van der Waals surface area (Å²) in [5.74, 6) is 1.75. The average Bonchev–Trinajstić information content (AvgIpc) is 2.05. The van der Waals surface area contributed by atoms with Gasteiger partial charge in [-0.3, -0.25) is 4.98 Å². The monoisotopic (exact) mass is 183 g/mol. The first-order chi connectivity index (χ1) is 5.79. The van der Waals surface area contributed by atoms with Crippen LogP contribution in [-0.2, 0) is 5.75 Å². The summed E-state index contributed by atoms with van der Waals surface area (Å²) < 4.78 is 0. The molecule has 0 aromatic carbocycles. The quantitative estimate of drug-likeness (QED) is 0.771. The van der Waals surface area contributed by atoms with Gasteiger partial charge in [-0.05, 0) is 24.6 Å².